The molecular weight excluding hydrogens is 292 g/mol. The molecule has 8 heteroatoms. The Bertz CT molecular complexity index is 505. The number of benzene rings is 1. The number of hydrogen-bond acceptors (Lipinski definition) is 3. The first-order valence-corrected chi connectivity index (χ1v) is 6.04. The Morgan fingerprint density at radius 2 is 2.05 bits per heavy atom. The van der Waals surface area contributed by atoms with Crippen LogP contribution in [0.3, 0.4) is 0 Å². The molecule has 0 radical (unpaired) electrons. The molecule has 1 aromatic carbocycles. The van der Waals surface area contributed by atoms with E-state index in [1.807, 2.05) is 0 Å². The number of methoxy groups -OCH3 is 1. The van der Waals surface area contributed by atoms with Gasteiger partial charge in [0.2, 0.25) is 0 Å². The first-order valence-electron chi connectivity index (χ1n) is 6.04. The predicted octanol–water partition coefficient (Wildman–Crippen LogP) is 1.89. The molecule has 1 amide bonds. The van der Waals surface area contributed by atoms with Crippen molar-refractivity contribution in [3.63, 3.8) is 0 Å². The van der Waals surface area contributed by atoms with E-state index in [0.29, 0.717) is 6.07 Å². The number of hydrogen-bond donors (Lipinski definition) is 1. The fourth-order valence-electron chi connectivity index (χ4n) is 1.82. The number of amides is 1. The van der Waals surface area contributed by atoms with Crippen molar-refractivity contribution in [2.75, 3.05) is 27.3 Å². The highest BCUT2D eigenvalue weighted by Crippen LogP contribution is 2.32. The largest absolute Gasteiger partial charge is 0.419 e. The van der Waals surface area contributed by atoms with Gasteiger partial charge in [0.25, 0.3) is 5.91 Å². The molecule has 0 aromatic heterocycles. The Hall–Kier alpha value is -1.67. The normalized spacial score (nSPS) is 13.1. The van der Waals surface area contributed by atoms with E-state index in [4.69, 9.17) is 10.5 Å². The van der Waals surface area contributed by atoms with Crippen molar-refractivity contribution in [1.82, 2.24) is 4.90 Å². The molecule has 118 valence electrons. The topological polar surface area (TPSA) is 55.6 Å². The third-order valence-electron chi connectivity index (χ3n) is 2.77. The summed E-state index contributed by atoms with van der Waals surface area (Å²) in [7, 11) is 2.76. The minimum absolute atomic E-state index is 0.0301. The maximum Gasteiger partial charge on any atom is 0.419 e. The molecule has 0 bridgehead atoms. The van der Waals surface area contributed by atoms with Crippen molar-refractivity contribution in [2.24, 2.45) is 5.73 Å². The molecule has 1 rings (SSSR count). The van der Waals surface area contributed by atoms with Gasteiger partial charge in [0.15, 0.2) is 0 Å². The van der Waals surface area contributed by atoms with Crippen LogP contribution in [-0.2, 0) is 10.9 Å². The van der Waals surface area contributed by atoms with Gasteiger partial charge < -0.3 is 15.4 Å². The first kappa shape index (κ1) is 17.4. The van der Waals surface area contributed by atoms with E-state index in [9.17, 15) is 22.4 Å². The quantitative estimate of drug-likeness (QED) is 0.845. The summed E-state index contributed by atoms with van der Waals surface area (Å²) >= 11 is 0. The second-order valence-electron chi connectivity index (χ2n) is 4.57. The minimum Gasteiger partial charge on any atom is -0.383 e. The summed E-state index contributed by atoms with van der Waals surface area (Å²) in [6.07, 6.45) is -4.86. The van der Waals surface area contributed by atoms with Gasteiger partial charge in [-0.25, -0.2) is 4.39 Å². The predicted molar refractivity (Wildman–Crippen MR) is 68.2 cm³/mol. The summed E-state index contributed by atoms with van der Waals surface area (Å²) in [6.45, 7) is 0.199. The fourth-order valence-corrected chi connectivity index (χ4v) is 1.82. The average Bonchev–Trinajstić information content (AvgIpc) is 2.37. The highest BCUT2D eigenvalue weighted by atomic mass is 19.4. The van der Waals surface area contributed by atoms with Crippen LogP contribution in [0.25, 0.3) is 0 Å². The van der Waals surface area contributed by atoms with Crippen molar-refractivity contribution in [3.05, 3.63) is 35.1 Å². The van der Waals surface area contributed by atoms with E-state index < -0.39 is 35.1 Å². The lowest BCUT2D eigenvalue weighted by Gasteiger charge is -2.22. The second kappa shape index (κ2) is 6.86. The standard InChI is InChI=1S/C13H16F4N2O2/c1-19(6-8(18)7-21-2)12(20)9-4-3-5-10(11(9)14)13(15,16)17/h3-5,8H,6-7,18H2,1-2H3. The Morgan fingerprint density at radius 3 is 2.57 bits per heavy atom. The number of carbonyl (C=O) groups is 1. The maximum atomic E-state index is 13.8. The smallest absolute Gasteiger partial charge is 0.383 e. The summed E-state index contributed by atoms with van der Waals surface area (Å²) in [5.74, 6) is -2.45. The molecule has 21 heavy (non-hydrogen) atoms. The second-order valence-corrected chi connectivity index (χ2v) is 4.57. The number of nitrogens with zero attached hydrogens (tertiary/aromatic N) is 1. The van der Waals surface area contributed by atoms with Crippen molar-refractivity contribution in [3.8, 4) is 0 Å². The summed E-state index contributed by atoms with van der Waals surface area (Å²) in [6, 6.07) is 2.06. The summed E-state index contributed by atoms with van der Waals surface area (Å²) in [4.78, 5) is 13.1. The van der Waals surface area contributed by atoms with Gasteiger partial charge in [0.1, 0.15) is 5.82 Å². The molecule has 0 aliphatic carbocycles. The lowest BCUT2D eigenvalue weighted by molar-refractivity contribution is -0.140. The number of halogens is 4. The molecule has 0 saturated carbocycles. The van der Waals surface area contributed by atoms with E-state index in [2.05, 4.69) is 0 Å². The zero-order valence-corrected chi connectivity index (χ0v) is 11.6. The zero-order valence-electron chi connectivity index (χ0n) is 11.6. The van der Waals surface area contributed by atoms with Crippen LogP contribution in [0.4, 0.5) is 17.6 Å². The Balaban J connectivity index is 2.98. The van der Waals surface area contributed by atoms with Crippen LogP contribution in [0.15, 0.2) is 18.2 Å². The van der Waals surface area contributed by atoms with Gasteiger partial charge in [-0.2, -0.15) is 13.2 Å². The Morgan fingerprint density at radius 1 is 1.43 bits per heavy atom. The molecule has 0 aliphatic rings. The van der Waals surface area contributed by atoms with Crippen molar-refractivity contribution in [2.45, 2.75) is 12.2 Å². The molecule has 4 nitrogen and oxygen atoms in total. The minimum atomic E-state index is -4.86. The number of ether oxygens (including phenoxy) is 1. The Kier molecular flexibility index (Phi) is 5.68. The molecule has 0 heterocycles. The third-order valence-corrected chi connectivity index (χ3v) is 2.77. The zero-order chi connectivity index (χ0) is 16.2. The van der Waals surface area contributed by atoms with Gasteiger partial charge in [-0.05, 0) is 12.1 Å². The molecule has 0 spiro atoms. The number of likely N-dealkylation sites (N-methyl/N-ethyl adjacent to an activating group) is 1. The number of carbonyl (C=O) groups excluding carboxylic acids is 1. The molecule has 2 N–H and O–H groups in total. The van der Waals surface area contributed by atoms with E-state index >= 15 is 0 Å². The van der Waals surface area contributed by atoms with Crippen LogP contribution in [0, 0.1) is 5.82 Å². The van der Waals surface area contributed by atoms with E-state index in [0.717, 1.165) is 17.0 Å². The average molecular weight is 308 g/mol. The first-order chi connectivity index (χ1) is 9.68. The number of rotatable bonds is 5. The van der Waals surface area contributed by atoms with Crippen LogP contribution in [0.1, 0.15) is 15.9 Å². The van der Waals surface area contributed by atoms with Gasteiger partial charge in [-0.15, -0.1) is 0 Å². The highest BCUT2D eigenvalue weighted by molar-refractivity contribution is 5.94. The van der Waals surface area contributed by atoms with Crippen LogP contribution >= 0.6 is 0 Å². The summed E-state index contributed by atoms with van der Waals surface area (Å²) < 4.78 is 56.4. The number of alkyl halides is 3. The Labute approximate surface area is 119 Å². The molecule has 0 saturated heterocycles. The van der Waals surface area contributed by atoms with Crippen LogP contribution < -0.4 is 5.73 Å². The van der Waals surface area contributed by atoms with Crippen LogP contribution in [-0.4, -0.2) is 44.2 Å². The van der Waals surface area contributed by atoms with Crippen LogP contribution in [0.5, 0.6) is 0 Å². The molecule has 1 aromatic rings. The lowest BCUT2D eigenvalue weighted by atomic mass is 10.1. The summed E-state index contributed by atoms with van der Waals surface area (Å²) in [5.41, 5.74) is 3.53. The van der Waals surface area contributed by atoms with Crippen molar-refractivity contribution < 1.29 is 27.1 Å². The molecule has 0 aliphatic heterocycles. The van der Waals surface area contributed by atoms with Gasteiger partial charge >= 0.3 is 6.18 Å². The van der Waals surface area contributed by atoms with Gasteiger partial charge in [0.05, 0.1) is 17.7 Å². The van der Waals surface area contributed by atoms with E-state index in [-0.39, 0.29) is 13.2 Å². The molecular formula is C13H16F4N2O2. The fraction of sp³-hybridized carbons (Fsp3) is 0.462. The third kappa shape index (κ3) is 4.40. The van der Waals surface area contributed by atoms with E-state index in [1.165, 1.54) is 14.2 Å². The van der Waals surface area contributed by atoms with Gasteiger partial charge in [-0.3, -0.25) is 4.79 Å². The van der Waals surface area contributed by atoms with Crippen molar-refractivity contribution in [1.29, 1.82) is 0 Å². The monoisotopic (exact) mass is 308 g/mol. The lowest BCUT2D eigenvalue weighted by Crippen LogP contribution is -2.41. The molecule has 1 atom stereocenters. The number of nitrogens with two attached hydrogens (primary N) is 1. The van der Waals surface area contributed by atoms with Gasteiger partial charge in [0, 0.05) is 26.7 Å². The van der Waals surface area contributed by atoms with E-state index in [1.54, 1.807) is 0 Å². The van der Waals surface area contributed by atoms with Crippen molar-refractivity contribution >= 4 is 5.91 Å². The summed E-state index contributed by atoms with van der Waals surface area (Å²) in [5, 5.41) is 0. The highest BCUT2D eigenvalue weighted by Gasteiger charge is 2.36. The maximum absolute atomic E-state index is 13.8. The molecule has 0 fully saturated rings. The SMILES string of the molecule is COCC(N)CN(C)C(=O)c1cccc(C(F)(F)F)c1F. The van der Waals surface area contributed by atoms with Gasteiger partial charge in [-0.1, -0.05) is 6.07 Å². The molecule has 1 unspecified atom stereocenters. The van der Waals surface area contributed by atoms with Crippen LogP contribution in [0.2, 0.25) is 0 Å².